The molecule has 1 heterocycles. The van der Waals surface area contributed by atoms with Crippen LogP contribution in [0.25, 0.3) is 10.9 Å². The van der Waals surface area contributed by atoms with Crippen LogP contribution in [0.3, 0.4) is 0 Å². The molecule has 0 amide bonds. The van der Waals surface area contributed by atoms with Gasteiger partial charge in [-0.25, -0.2) is 4.79 Å². The largest absolute Gasteiger partial charge is 0.477 e. The highest BCUT2D eigenvalue weighted by Crippen LogP contribution is 2.24. The van der Waals surface area contributed by atoms with Crippen LogP contribution in [-0.2, 0) is 6.54 Å². The number of benzene rings is 1. The van der Waals surface area contributed by atoms with Crippen molar-refractivity contribution < 1.29 is 15.0 Å². The molecule has 0 saturated heterocycles. The lowest BCUT2D eigenvalue weighted by molar-refractivity contribution is 0.0685. The number of aliphatic hydroxyl groups excluding tert-OH is 1. The molecule has 0 bridgehead atoms. The second kappa shape index (κ2) is 4.77. The van der Waals surface area contributed by atoms with E-state index in [1.165, 1.54) is 0 Å². The molecule has 5 heteroatoms. The lowest BCUT2D eigenvalue weighted by atomic mass is 10.2. The van der Waals surface area contributed by atoms with Gasteiger partial charge in [0, 0.05) is 29.1 Å². The summed E-state index contributed by atoms with van der Waals surface area (Å²) in [6, 6.07) is 6.85. The number of aromatic carboxylic acids is 1. The van der Waals surface area contributed by atoms with Crippen LogP contribution in [0.15, 0.2) is 24.3 Å². The van der Waals surface area contributed by atoms with Crippen LogP contribution in [-0.4, -0.2) is 27.4 Å². The number of fused-ring (bicyclic) bond motifs is 1. The Morgan fingerprint density at radius 2 is 2.12 bits per heavy atom. The summed E-state index contributed by atoms with van der Waals surface area (Å²) >= 11 is 5.87. The molecule has 17 heavy (non-hydrogen) atoms. The molecule has 1 aromatic carbocycles. The smallest absolute Gasteiger partial charge is 0.352 e. The predicted molar refractivity (Wildman–Crippen MR) is 65.6 cm³/mol. The molecule has 0 aliphatic rings. The molecule has 0 aliphatic carbocycles. The van der Waals surface area contributed by atoms with Crippen molar-refractivity contribution in [2.75, 3.05) is 6.61 Å². The SMILES string of the molecule is O=C(O)c1cc2cc(Cl)ccc2n1CCCO. The summed E-state index contributed by atoms with van der Waals surface area (Å²) in [5.74, 6) is -0.977. The lowest BCUT2D eigenvalue weighted by Crippen LogP contribution is -2.09. The normalized spacial score (nSPS) is 10.9. The molecule has 0 fully saturated rings. The first-order valence-electron chi connectivity index (χ1n) is 5.26. The van der Waals surface area contributed by atoms with Gasteiger partial charge in [-0.15, -0.1) is 0 Å². The second-order valence-electron chi connectivity index (χ2n) is 3.77. The predicted octanol–water partition coefficient (Wildman–Crippen LogP) is 2.38. The lowest BCUT2D eigenvalue weighted by Gasteiger charge is -2.06. The molecule has 0 unspecified atom stereocenters. The van der Waals surface area contributed by atoms with Crippen molar-refractivity contribution in [2.24, 2.45) is 0 Å². The van der Waals surface area contributed by atoms with E-state index in [-0.39, 0.29) is 12.3 Å². The van der Waals surface area contributed by atoms with Gasteiger partial charge in [-0.05, 0) is 30.7 Å². The zero-order chi connectivity index (χ0) is 12.4. The highest BCUT2D eigenvalue weighted by atomic mass is 35.5. The molecule has 0 aliphatic heterocycles. The van der Waals surface area contributed by atoms with Crippen molar-refractivity contribution >= 4 is 28.5 Å². The van der Waals surface area contributed by atoms with E-state index in [0.717, 1.165) is 10.9 Å². The topological polar surface area (TPSA) is 62.5 Å². The number of carbonyl (C=O) groups is 1. The number of aromatic nitrogens is 1. The summed E-state index contributed by atoms with van der Waals surface area (Å²) in [6.07, 6.45) is 0.521. The molecule has 2 rings (SSSR count). The molecule has 2 N–H and O–H groups in total. The first-order valence-corrected chi connectivity index (χ1v) is 5.64. The quantitative estimate of drug-likeness (QED) is 0.879. The number of hydrogen-bond acceptors (Lipinski definition) is 2. The van der Waals surface area contributed by atoms with Gasteiger partial charge in [0.1, 0.15) is 5.69 Å². The minimum Gasteiger partial charge on any atom is -0.477 e. The Morgan fingerprint density at radius 3 is 2.76 bits per heavy atom. The van der Waals surface area contributed by atoms with Gasteiger partial charge >= 0.3 is 5.97 Å². The Hall–Kier alpha value is -1.52. The maximum atomic E-state index is 11.1. The van der Waals surface area contributed by atoms with Crippen molar-refractivity contribution in [3.8, 4) is 0 Å². The zero-order valence-corrected chi connectivity index (χ0v) is 9.81. The Balaban J connectivity index is 2.58. The van der Waals surface area contributed by atoms with E-state index in [0.29, 0.717) is 18.0 Å². The van der Waals surface area contributed by atoms with Crippen LogP contribution in [0.4, 0.5) is 0 Å². The van der Waals surface area contributed by atoms with Crippen molar-refractivity contribution in [1.82, 2.24) is 4.57 Å². The highest BCUT2D eigenvalue weighted by Gasteiger charge is 2.14. The van der Waals surface area contributed by atoms with Crippen LogP contribution >= 0.6 is 11.6 Å². The van der Waals surface area contributed by atoms with Crippen LogP contribution in [0.1, 0.15) is 16.9 Å². The van der Waals surface area contributed by atoms with Crippen LogP contribution in [0.5, 0.6) is 0 Å². The van der Waals surface area contributed by atoms with E-state index in [9.17, 15) is 4.79 Å². The second-order valence-corrected chi connectivity index (χ2v) is 4.20. The molecular weight excluding hydrogens is 242 g/mol. The molecule has 0 radical (unpaired) electrons. The van der Waals surface area contributed by atoms with Gasteiger partial charge in [0.15, 0.2) is 0 Å². The van der Waals surface area contributed by atoms with Gasteiger partial charge in [0.2, 0.25) is 0 Å². The average molecular weight is 254 g/mol. The minimum atomic E-state index is -0.977. The zero-order valence-electron chi connectivity index (χ0n) is 9.06. The number of carboxylic acid groups (broad SMARTS) is 1. The first-order chi connectivity index (χ1) is 8.13. The monoisotopic (exact) mass is 253 g/mol. The number of halogens is 1. The first kappa shape index (κ1) is 12.0. The average Bonchev–Trinajstić information content (AvgIpc) is 2.64. The van der Waals surface area contributed by atoms with E-state index >= 15 is 0 Å². The van der Waals surface area contributed by atoms with Crippen LogP contribution < -0.4 is 0 Å². The molecular formula is C12H12ClNO3. The van der Waals surface area contributed by atoms with Gasteiger partial charge in [-0.1, -0.05) is 11.6 Å². The number of aliphatic hydroxyl groups is 1. The maximum Gasteiger partial charge on any atom is 0.352 e. The van der Waals surface area contributed by atoms with Gasteiger partial charge in [-0.2, -0.15) is 0 Å². The van der Waals surface area contributed by atoms with Crippen molar-refractivity contribution in [2.45, 2.75) is 13.0 Å². The fraction of sp³-hybridized carbons (Fsp3) is 0.250. The molecule has 0 atom stereocenters. The maximum absolute atomic E-state index is 11.1. The molecule has 0 spiro atoms. The van der Waals surface area contributed by atoms with Crippen LogP contribution in [0.2, 0.25) is 5.02 Å². The summed E-state index contributed by atoms with van der Waals surface area (Å²) in [6.45, 7) is 0.510. The van der Waals surface area contributed by atoms with E-state index in [2.05, 4.69) is 0 Å². The number of aryl methyl sites for hydroxylation is 1. The summed E-state index contributed by atoms with van der Waals surface area (Å²) in [5.41, 5.74) is 1.04. The Bertz CT molecular complexity index is 562. The Morgan fingerprint density at radius 1 is 1.35 bits per heavy atom. The molecule has 4 nitrogen and oxygen atoms in total. The minimum absolute atomic E-state index is 0.0340. The molecule has 2 aromatic rings. The summed E-state index contributed by atoms with van der Waals surface area (Å²) in [4.78, 5) is 11.1. The highest BCUT2D eigenvalue weighted by molar-refractivity contribution is 6.31. The third-order valence-corrected chi connectivity index (χ3v) is 2.86. The standard InChI is InChI=1S/C12H12ClNO3/c13-9-2-3-10-8(6-9)7-11(12(16)17)14(10)4-1-5-15/h2-3,6-7,15H,1,4-5H2,(H,16,17). The number of rotatable bonds is 4. The van der Waals surface area contributed by atoms with E-state index in [1.807, 2.05) is 0 Å². The molecule has 0 saturated carbocycles. The number of carboxylic acids is 1. The number of hydrogen-bond donors (Lipinski definition) is 2. The van der Waals surface area contributed by atoms with Gasteiger partial charge < -0.3 is 14.8 Å². The van der Waals surface area contributed by atoms with E-state index < -0.39 is 5.97 Å². The van der Waals surface area contributed by atoms with Crippen molar-refractivity contribution in [1.29, 1.82) is 0 Å². The Labute approximate surface area is 103 Å². The van der Waals surface area contributed by atoms with Gasteiger partial charge in [0.25, 0.3) is 0 Å². The van der Waals surface area contributed by atoms with Gasteiger partial charge in [0.05, 0.1) is 0 Å². The Kier molecular flexibility index (Phi) is 3.36. The third kappa shape index (κ3) is 2.28. The molecule has 1 aromatic heterocycles. The van der Waals surface area contributed by atoms with Crippen LogP contribution in [0, 0.1) is 0 Å². The van der Waals surface area contributed by atoms with E-state index in [1.54, 1.807) is 28.8 Å². The van der Waals surface area contributed by atoms with Crippen molar-refractivity contribution in [3.05, 3.63) is 35.0 Å². The summed E-state index contributed by atoms with van der Waals surface area (Å²) in [5, 5.41) is 19.3. The molecule has 90 valence electrons. The third-order valence-electron chi connectivity index (χ3n) is 2.62. The van der Waals surface area contributed by atoms with E-state index in [4.69, 9.17) is 21.8 Å². The summed E-state index contributed by atoms with van der Waals surface area (Å²) < 4.78 is 1.68. The summed E-state index contributed by atoms with van der Waals surface area (Å²) in [7, 11) is 0. The van der Waals surface area contributed by atoms with Crippen molar-refractivity contribution in [3.63, 3.8) is 0 Å². The fourth-order valence-electron chi connectivity index (χ4n) is 1.89. The fourth-order valence-corrected chi connectivity index (χ4v) is 2.07. The number of nitrogens with zero attached hydrogens (tertiary/aromatic N) is 1. The van der Waals surface area contributed by atoms with Gasteiger partial charge in [-0.3, -0.25) is 0 Å².